The average molecular weight is 309 g/mol. The van der Waals surface area contributed by atoms with Crippen molar-refractivity contribution in [3.8, 4) is 11.5 Å². The Kier molecular flexibility index (Phi) is 2.76. The summed E-state index contributed by atoms with van der Waals surface area (Å²) in [6, 6.07) is 3.80. The summed E-state index contributed by atoms with van der Waals surface area (Å²) < 4.78 is 0.936. The first-order valence-corrected chi connectivity index (χ1v) is 7.04. The highest BCUT2D eigenvalue weighted by Crippen LogP contribution is 2.32. The van der Waals surface area contributed by atoms with Crippen LogP contribution in [-0.4, -0.2) is 15.0 Å². The summed E-state index contributed by atoms with van der Waals surface area (Å²) in [5, 5.41) is 0. The van der Waals surface area contributed by atoms with E-state index in [2.05, 4.69) is 30.9 Å². The van der Waals surface area contributed by atoms with Gasteiger partial charge in [-0.25, -0.2) is 9.97 Å². The molecule has 3 heterocycles. The van der Waals surface area contributed by atoms with E-state index in [0.717, 1.165) is 32.9 Å². The molecule has 2 aromatic rings. The number of nitrogens with two attached hydrogens (primary N) is 1. The molecule has 17 heavy (non-hydrogen) atoms. The Labute approximate surface area is 111 Å². The van der Waals surface area contributed by atoms with E-state index in [9.17, 15) is 0 Å². The molecule has 0 unspecified atom stereocenters. The minimum atomic E-state index is 0.583. The molecule has 0 saturated heterocycles. The third-order valence-electron chi connectivity index (χ3n) is 2.57. The Hall–Kier alpha value is -1.14. The maximum absolute atomic E-state index is 5.94. The van der Waals surface area contributed by atoms with Crippen LogP contribution in [0.2, 0.25) is 0 Å². The number of nitrogens with zero attached hydrogens (tertiary/aromatic N) is 3. The average Bonchev–Trinajstić information content (AvgIpc) is 2.78. The highest BCUT2D eigenvalue weighted by molar-refractivity contribution is 9.10. The lowest BCUT2D eigenvalue weighted by atomic mass is 10.2. The summed E-state index contributed by atoms with van der Waals surface area (Å²) in [6.07, 6.45) is 1.73. The van der Waals surface area contributed by atoms with Gasteiger partial charge in [-0.1, -0.05) is 0 Å². The van der Waals surface area contributed by atoms with Crippen LogP contribution in [0.1, 0.15) is 11.3 Å². The van der Waals surface area contributed by atoms with Gasteiger partial charge >= 0.3 is 0 Å². The fourth-order valence-corrected chi connectivity index (χ4v) is 2.99. The van der Waals surface area contributed by atoms with E-state index in [1.165, 1.54) is 0 Å². The minimum absolute atomic E-state index is 0.583. The Morgan fingerprint density at radius 3 is 2.88 bits per heavy atom. The third kappa shape index (κ3) is 2.02. The predicted molar refractivity (Wildman–Crippen MR) is 72.4 cm³/mol. The smallest absolute Gasteiger partial charge is 0.180 e. The van der Waals surface area contributed by atoms with Crippen LogP contribution in [0.25, 0.3) is 11.5 Å². The number of halogens is 1. The van der Waals surface area contributed by atoms with Crippen LogP contribution < -0.4 is 5.73 Å². The van der Waals surface area contributed by atoms with E-state index < -0.39 is 0 Å². The molecule has 4 nitrogen and oxygen atoms in total. The number of fused-ring (bicyclic) bond motifs is 1. The summed E-state index contributed by atoms with van der Waals surface area (Å²) in [5.41, 5.74) is 8.81. The zero-order valence-electron chi connectivity index (χ0n) is 8.85. The fraction of sp³-hybridized carbons (Fsp3) is 0.182. The van der Waals surface area contributed by atoms with Crippen LogP contribution in [0.3, 0.4) is 0 Å². The number of pyridine rings is 1. The zero-order chi connectivity index (χ0) is 11.8. The highest BCUT2D eigenvalue weighted by atomic mass is 79.9. The SMILES string of the molecule is Nc1nc(-c2ccc(Br)cn2)nc2c1CSC2. The van der Waals surface area contributed by atoms with Crippen molar-refractivity contribution >= 4 is 33.5 Å². The lowest BCUT2D eigenvalue weighted by Gasteiger charge is -2.05. The standard InChI is InChI=1S/C11H9BrN4S/c12-6-1-2-8(14-3-6)11-15-9-5-17-4-7(9)10(13)16-11/h1-3H,4-5H2,(H2,13,15,16). The number of hydrogen-bond donors (Lipinski definition) is 1. The van der Waals surface area contributed by atoms with Crippen LogP contribution in [0.5, 0.6) is 0 Å². The second-order valence-electron chi connectivity index (χ2n) is 3.71. The third-order valence-corrected chi connectivity index (χ3v) is 4.01. The number of anilines is 1. The van der Waals surface area contributed by atoms with E-state index in [1.807, 2.05) is 23.9 Å². The van der Waals surface area contributed by atoms with Crippen LogP contribution in [-0.2, 0) is 11.5 Å². The maximum atomic E-state index is 5.94. The molecule has 0 aromatic carbocycles. The van der Waals surface area contributed by atoms with Gasteiger partial charge in [0.1, 0.15) is 11.5 Å². The molecule has 86 valence electrons. The van der Waals surface area contributed by atoms with Crippen molar-refractivity contribution in [2.75, 3.05) is 5.73 Å². The molecule has 0 atom stereocenters. The van der Waals surface area contributed by atoms with Gasteiger partial charge in [0.05, 0.1) is 5.69 Å². The first kappa shape index (κ1) is 11.0. The van der Waals surface area contributed by atoms with Gasteiger partial charge in [-0.3, -0.25) is 4.98 Å². The Morgan fingerprint density at radius 2 is 2.12 bits per heavy atom. The van der Waals surface area contributed by atoms with Crippen LogP contribution in [0.4, 0.5) is 5.82 Å². The first-order valence-electron chi connectivity index (χ1n) is 5.09. The molecule has 0 aliphatic carbocycles. The minimum Gasteiger partial charge on any atom is -0.383 e. The predicted octanol–water partition coefficient (Wildman–Crippen LogP) is 2.63. The zero-order valence-corrected chi connectivity index (χ0v) is 11.3. The summed E-state index contributed by atoms with van der Waals surface area (Å²) in [7, 11) is 0. The van der Waals surface area contributed by atoms with E-state index in [1.54, 1.807) is 6.20 Å². The molecule has 6 heteroatoms. The summed E-state index contributed by atoms with van der Waals surface area (Å²) in [6.45, 7) is 0. The lowest BCUT2D eigenvalue weighted by Crippen LogP contribution is -2.03. The highest BCUT2D eigenvalue weighted by Gasteiger charge is 2.18. The summed E-state index contributed by atoms with van der Waals surface area (Å²) in [5.74, 6) is 3.01. The molecule has 0 bridgehead atoms. The van der Waals surface area contributed by atoms with Crippen molar-refractivity contribution in [1.82, 2.24) is 15.0 Å². The number of aromatic nitrogens is 3. The fourth-order valence-electron chi connectivity index (χ4n) is 1.70. The van der Waals surface area contributed by atoms with Gasteiger partial charge in [-0.05, 0) is 28.1 Å². The van der Waals surface area contributed by atoms with E-state index in [4.69, 9.17) is 5.73 Å². The van der Waals surface area contributed by atoms with Gasteiger partial charge in [-0.15, -0.1) is 0 Å². The molecule has 2 N–H and O–H groups in total. The van der Waals surface area contributed by atoms with Gasteiger partial charge in [0, 0.05) is 27.7 Å². The Morgan fingerprint density at radius 1 is 1.24 bits per heavy atom. The summed E-state index contributed by atoms with van der Waals surface area (Å²) in [4.78, 5) is 13.1. The second-order valence-corrected chi connectivity index (χ2v) is 5.61. The van der Waals surface area contributed by atoms with E-state index in [0.29, 0.717) is 11.6 Å². The van der Waals surface area contributed by atoms with Crippen molar-refractivity contribution in [2.24, 2.45) is 0 Å². The van der Waals surface area contributed by atoms with E-state index in [-0.39, 0.29) is 0 Å². The van der Waals surface area contributed by atoms with Crippen molar-refractivity contribution in [3.63, 3.8) is 0 Å². The lowest BCUT2D eigenvalue weighted by molar-refractivity contribution is 1.06. The molecular formula is C11H9BrN4S. The Balaban J connectivity index is 2.10. The summed E-state index contributed by atoms with van der Waals surface area (Å²) >= 11 is 5.16. The van der Waals surface area contributed by atoms with Crippen LogP contribution >= 0.6 is 27.7 Å². The second kappa shape index (κ2) is 4.27. The maximum Gasteiger partial charge on any atom is 0.180 e. The molecule has 1 aliphatic rings. The van der Waals surface area contributed by atoms with Gasteiger partial charge in [-0.2, -0.15) is 11.8 Å². The van der Waals surface area contributed by atoms with Crippen molar-refractivity contribution in [3.05, 3.63) is 34.1 Å². The first-order chi connectivity index (χ1) is 8.24. The molecule has 0 amide bonds. The molecule has 0 fully saturated rings. The van der Waals surface area contributed by atoms with E-state index >= 15 is 0 Å². The quantitative estimate of drug-likeness (QED) is 0.877. The van der Waals surface area contributed by atoms with Gasteiger partial charge < -0.3 is 5.73 Å². The number of nitrogen functional groups attached to an aromatic ring is 1. The monoisotopic (exact) mass is 308 g/mol. The molecule has 1 aliphatic heterocycles. The molecule has 0 saturated carbocycles. The molecular weight excluding hydrogens is 300 g/mol. The van der Waals surface area contributed by atoms with Crippen molar-refractivity contribution in [2.45, 2.75) is 11.5 Å². The van der Waals surface area contributed by atoms with Gasteiger partial charge in [0.25, 0.3) is 0 Å². The topological polar surface area (TPSA) is 64.7 Å². The largest absolute Gasteiger partial charge is 0.383 e. The molecule has 2 aromatic heterocycles. The normalized spacial score (nSPS) is 13.7. The number of rotatable bonds is 1. The van der Waals surface area contributed by atoms with Gasteiger partial charge in [0.15, 0.2) is 5.82 Å². The van der Waals surface area contributed by atoms with Crippen LogP contribution in [0.15, 0.2) is 22.8 Å². The number of hydrogen-bond acceptors (Lipinski definition) is 5. The molecule has 3 rings (SSSR count). The molecule has 0 radical (unpaired) electrons. The number of thioether (sulfide) groups is 1. The van der Waals surface area contributed by atoms with Crippen molar-refractivity contribution in [1.29, 1.82) is 0 Å². The Bertz CT molecular complexity index is 570. The van der Waals surface area contributed by atoms with Crippen LogP contribution in [0, 0.1) is 0 Å². The molecule has 0 spiro atoms. The van der Waals surface area contributed by atoms with Gasteiger partial charge in [0.2, 0.25) is 0 Å². The van der Waals surface area contributed by atoms with Crippen molar-refractivity contribution < 1.29 is 0 Å².